The van der Waals surface area contributed by atoms with Crippen LogP contribution in [0.5, 0.6) is 11.5 Å². The Balaban J connectivity index is 1.39. The number of likely N-dealkylation sites (tertiary alicyclic amines) is 1. The summed E-state index contributed by atoms with van der Waals surface area (Å²) in [5.41, 5.74) is 20.9. The van der Waals surface area contributed by atoms with Gasteiger partial charge in [0.2, 0.25) is 5.91 Å². The van der Waals surface area contributed by atoms with E-state index in [2.05, 4.69) is 11.9 Å². The predicted octanol–water partition coefficient (Wildman–Crippen LogP) is 4.22. The van der Waals surface area contributed by atoms with Gasteiger partial charge in [-0.2, -0.15) is 0 Å². The number of piperidine rings is 1. The molecule has 6 rings (SSSR count). The van der Waals surface area contributed by atoms with E-state index in [4.69, 9.17) is 21.9 Å². The van der Waals surface area contributed by atoms with Gasteiger partial charge in [0.15, 0.2) is 5.78 Å². The average Bonchev–Trinajstić information content (AvgIpc) is 3.41. The van der Waals surface area contributed by atoms with Gasteiger partial charge in [-0.1, -0.05) is 36.9 Å². The van der Waals surface area contributed by atoms with E-state index in [1.807, 2.05) is 43.3 Å². The molecular formula is C33H32FN5O4S. The zero-order valence-corrected chi connectivity index (χ0v) is 24.8. The van der Waals surface area contributed by atoms with Crippen molar-refractivity contribution in [3.05, 3.63) is 100 Å². The van der Waals surface area contributed by atoms with E-state index in [9.17, 15) is 18.8 Å². The number of alkyl halides is 1. The lowest BCUT2D eigenvalue weighted by Crippen LogP contribution is -2.54. The Kier molecular flexibility index (Phi) is 7.48. The number of aryl methyl sites for hydroxylation is 1. The van der Waals surface area contributed by atoms with Crippen LogP contribution in [0.4, 0.5) is 10.1 Å². The van der Waals surface area contributed by atoms with Crippen molar-refractivity contribution in [1.29, 1.82) is 0 Å². The van der Waals surface area contributed by atoms with E-state index in [-0.39, 0.29) is 24.4 Å². The third-order valence-corrected chi connectivity index (χ3v) is 9.60. The fourth-order valence-electron chi connectivity index (χ4n) is 6.30. The first-order valence-electron chi connectivity index (χ1n) is 14.2. The van der Waals surface area contributed by atoms with Crippen molar-refractivity contribution in [1.82, 2.24) is 10.2 Å². The van der Waals surface area contributed by atoms with Crippen LogP contribution in [-0.2, 0) is 15.1 Å². The molecule has 1 saturated heterocycles. The molecule has 44 heavy (non-hydrogen) atoms. The van der Waals surface area contributed by atoms with Crippen molar-refractivity contribution in [2.75, 3.05) is 18.8 Å². The summed E-state index contributed by atoms with van der Waals surface area (Å²) in [4.78, 5) is 41.5. The number of benzene rings is 3. The van der Waals surface area contributed by atoms with E-state index >= 15 is 0 Å². The van der Waals surface area contributed by atoms with Crippen LogP contribution >= 0.6 is 11.3 Å². The zero-order valence-electron chi connectivity index (χ0n) is 24.0. The van der Waals surface area contributed by atoms with Crippen LogP contribution in [0.1, 0.15) is 44.4 Å². The number of nitrogens with two attached hydrogens (primary N) is 3. The number of hydrogen-bond donors (Lipinski definition) is 4. The highest BCUT2D eigenvalue weighted by Crippen LogP contribution is 2.50. The molecule has 0 spiro atoms. The van der Waals surface area contributed by atoms with Crippen molar-refractivity contribution in [3.8, 4) is 11.5 Å². The highest BCUT2D eigenvalue weighted by Gasteiger charge is 2.49. The second-order valence-electron chi connectivity index (χ2n) is 11.2. The van der Waals surface area contributed by atoms with Gasteiger partial charge >= 0.3 is 0 Å². The molecule has 9 nitrogen and oxygen atoms in total. The minimum absolute atomic E-state index is 0.0421. The number of carbonyl (C=O) groups excluding carboxylic acids is 3. The van der Waals surface area contributed by atoms with Crippen molar-refractivity contribution in [2.45, 2.75) is 37.1 Å². The fourth-order valence-corrected chi connectivity index (χ4v) is 7.50. The molecule has 2 aliphatic rings. The van der Waals surface area contributed by atoms with Gasteiger partial charge in [0.05, 0.1) is 22.2 Å². The summed E-state index contributed by atoms with van der Waals surface area (Å²) >= 11 is 1.11. The Morgan fingerprint density at radius 3 is 2.55 bits per heavy atom. The molecule has 11 heteroatoms. The number of ketones is 1. The summed E-state index contributed by atoms with van der Waals surface area (Å²) in [5, 5.41) is 3.41. The van der Waals surface area contributed by atoms with Crippen LogP contribution in [0.15, 0.2) is 73.3 Å². The third kappa shape index (κ3) is 4.83. The highest BCUT2D eigenvalue weighted by atomic mass is 32.1. The van der Waals surface area contributed by atoms with E-state index in [0.29, 0.717) is 44.0 Å². The van der Waals surface area contributed by atoms with Gasteiger partial charge in [0.1, 0.15) is 23.2 Å². The summed E-state index contributed by atoms with van der Waals surface area (Å²) in [5.74, 6) is -0.168. The maximum Gasteiger partial charge on any atom is 0.262 e. The normalized spacial score (nSPS) is 23.0. The number of ether oxygens (including phenoxy) is 1. The minimum atomic E-state index is -1.63. The molecule has 1 aliphatic carbocycles. The van der Waals surface area contributed by atoms with Crippen molar-refractivity contribution < 1.29 is 23.5 Å². The quantitative estimate of drug-likeness (QED) is 0.188. The van der Waals surface area contributed by atoms with Crippen molar-refractivity contribution in [2.24, 2.45) is 11.5 Å². The van der Waals surface area contributed by atoms with Gasteiger partial charge in [-0.05, 0) is 60.0 Å². The van der Waals surface area contributed by atoms with Crippen LogP contribution in [0, 0.1) is 6.92 Å². The fraction of sp³-hybridized carbons (Fsp3) is 0.242. The number of Topliss-reactive ketones (excluding diaryl/α,β-unsaturated/α-hetero) is 1. The van der Waals surface area contributed by atoms with Gasteiger partial charge < -0.3 is 32.2 Å². The average molecular weight is 614 g/mol. The number of para-hydroxylation sites is 1. The smallest absolute Gasteiger partial charge is 0.262 e. The lowest BCUT2D eigenvalue weighted by Gasteiger charge is -2.37. The van der Waals surface area contributed by atoms with Gasteiger partial charge in [0.25, 0.3) is 5.91 Å². The Hall–Kier alpha value is -4.58. The third-order valence-electron chi connectivity index (χ3n) is 8.34. The number of carbonyl (C=O) groups is 3. The topological polar surface area (TPSA) is 154 Å². The molecule has 226 valence electrons. The maximum atomic E-state index is 14.5. The Morgan fingerprint density at radius 1 is 1.11 bits per heavy atom. The summed E-state index contributed by atoms with van der Waals surface area (Å²) in [6.45, 7) is 5.38. The first-order chi connectivity index (χ1) is 21.0. The molecule has 2 amide bonds. The molecule has 2 unspecified atom stereocenters. The van der Waals surface area contributed by atoms with Crippen LogP contribution in [-0.4, -0.2) is 47.8 Å². The molecule has 2 heterocycles. The molecule has 4 aromatic rings. The molecule has 1 aromatic heterocycles. The number of nitrogen functional groups attached to an aromatic ring is 1. The van der Waals surface area contributed by atoms with Crippen LogP contribution in [0.3, 0.4) is 0 Å². The van der Waals surface area contributed by atoms with Crippen LogP contribution < -0.4 is 27.3 Å². The van der Waals surface area contributed by atoms with E-state index in [1.165, 1.54) is 4.90 Å². The molecular weight excluding hydrogens is 581 g/mol. The number of nitrogens with one attached hydrogen (secondary N) is 1. The Labute approximate surface area is 257 Å². The first kappa shape index (κ1) is 29.5. The zero-order chi connectivity index (χ0) is 31.3. The SMILES string of the molecule is C=CC(=O)N1C[C@H](F)C[C@@H](NC(=O)c2sc3c(N)ccc4c3c2C(N)C(=O)C4(N)c2ccc(Oc3ccccc3)cc2C)C1. The number of halogens is 1. The molecule has 7 N–H and O–H groups in total. The predicted molar refractivity (Wildman–Crippen MR) is 168 cm³/mol. The van der Waals surface area contributed by atoms with Crippen LogP contribution in [0.25, 0.3) is 10.1 Å². The van der Waals surface area contributed by atoms with Gasteiger partial charge in [0, 0.05) is 35.6 Å². The lowest BCUT2D eigenvalue weighted by atomic mass is 9.69. The van der Waals surface area contributed by atoms with Gasteiger partial charge in [-0.15, -0.1) is 11.3 Å². The monoisotopic (exact) mass is 613 g/mol. The number of anilines is 1. The molecule has 0 saturated carbocycles. The van der Waals surface area contributed by atoms with Crippen LogP contribution in [0.2, 0.25) is 0 Å². The Morgan fingerprint density at radius 2 is 1.84 bits per heavy atom. The summed E-state index contributed by atoms with van der Waals surface area (Å²) in [6, 6.07) is 16.2. The standard InChI is InChI=1S/C33H32FN5O4S/c1-3-25(40)39-15-18(34)14-19(16-39)38-32(42)30-27-26-23(11-12-24(35)29(26)44-30)33(37,31(41)28(27)36)22-10-9-21(13-17(22)2)43-20-7-5-4-6-8-20/h3-13,18-19,28H,1,14-16,35-37H2,2H3,(H,38,42)/t18-,19-,28?,33?/m1/s1. The first-order valence-corrected chi connectivity index (χ1v) is 15.0. The molecule has 3 aromatic carbocycles. The van der Waals surface area contributed by atoms with E-state index < -0.39 is 41.4 Å². The summed E-state index contributed by atoms with van der Waals surface area (Å²) < 4.78 is 21.1. The van der Waals surface area contributed by atoms with E-state index in [0.717, 1.165) is 23.0 Å². The number of rotatable bonds is 6. The number of hydrogen-bond acceptors (Lipinski definition) is 8. The molecule has 4 atom stereocenters. The lowest BCUT2D eigenvalue weighted by molar-refractivity contribution is -0.128. The maximum absolute atomic E-state index is 14.5. The number of nitrogens with zero attached hydrogens (tertiary/aromatic N) is 1. The second kappa shape index (κ2) is 11.2. The number of thiophene rings is 1. The highest BCUT2D eigenvalue weighted by molar-refractivity contribution is 7.21. The molecule has 0 radical (unpaired) electrons. The second-order valence-corrected chi connectivity index (χ2v) is 12.3. The van der Waals surface area contributed by atoms with Gasteiger partial charge in [-0.25, -0.2) is 4.39 Å². The Bertz CT molecular complexity index is 1830. The summed E-state index contributed by atoms with van der Waals surface area (Å²) in [6.07, 6.45) is -0.150. The molecule has 1 fully saturated rings. The number of amides is 2. The van der Waals surface area contributed by atoms with Crippen molar-refractivity contribution in [3.63, 3.8) is 0 Å². The molecule has 0 bridgehead atoms. The van der Waals surface area contributed by atoms with Crippen molar-refractivity contribution >= 4 is 44.7 Å². The largest absolute Gasteiger partial charge is 0.457 e. The summed E-state index contributed by atoms with van der Waals surface area (Å²) in [7, 11) is 0. The van der Waals surface area contributed by atoms with E-state index in [1.54, 1.807) is 24.3 Å². The minimum Gasteiger partial charge on any atom is -0.457 e. The van der Waals surface area contributed by atoms with Gasteiger partial charge in [-0.3, -0.25) is 14.4 Å². The molecule has 1 aliphatic heterocycles.